The largest absolute Gasteiger partial charge is 0.307 e. The van der Waals surface area contributed by atoms with Gasteiger partial charge in [-0.3, -0.25) is 9.10 Å². The highest BCUT2D eigenvalue weighted by Gasteiger charge is 2.29. The van der Waals surface area contributed by atoms with Crippen LogP contribution in [0.25, 0.3) is 0 Å². The number of carbonyl (C=O) groups excluding carboxylic acids is 1. The van der Waals surface area contributed by atoms with E-state index in [4.69, 9.17) is 0 Å². The van der Waals surface area contributed by atoms with E-state index in [2.05, 4.69) is 10.4 Å². The maximum absolute atomic E-state index is 12.7. The molecule has 1 aliphatic carbocycles. The third-order valence-electron chi connectivity index (χ3n) is 5.08. The molecule has 2 heterocycles. The van der Waals surface area contributed by atoms with Crippen LogP contribution in [0.4, 0.5) is 11.5 Å². The molecule has 2 fully saturated rings. The molecule has 1 aromatic carbocycles. The molecule has 26 heavy (non-hydrogen) atoms. The van der Waals surface area contributed by atoms with Crippen molar-refractivity contribution in [2.75, 3.05) is 21.9 Å². The smallest absolute Gasteiger partial charge is 0.256 e. The monoisotopic (exact) mass is 374 g/mol. The minimum absolute atomic E-state index is 0.157. The first kappa shape index (κ1) is 17.1. The van der Waals surface area contributed by atoms with Crippen LogP contribution in [0, 0.1) is 0 Å². The Morgan fingerprint density at radius 1 is 1.15 bits per heavy atom. The van der Waals surface area contributed by atoms with E-state index < -0.39 is 10.0 Å². The maximum atomic E-state index is 12.7. The van der Waals surface area contributed by atoms with Crippen LogP contribution in [0.3, 0.4) is 0 Å². The summed E-state index contributed by atoms with van der Waals surface area (Å²) in [5.74, 6) is 0.577. The number of aromatic nitrogens is 2. The molecule has 0 radical (unpaired) electrons. The van der Waals surface area contributed by atoms with E-state index >= 15 is 0 Å². The molecule has 138 valence electrons. The lowest BCUT2D eigenvalue weighted by atomic mass is 10.2. The van der Waals surface area contributed by atoms with Crippen molar-refractivity contribution in [3.05, 3.63) is 42.1 Å². The zero-order chi connectivity index (χ0) is 18.1. The predicted molar refractivity (Wildman–Crippen MR) is 99.9 cm³/mol. The number of benzene rings is 1. The van der Waals surface area contributed by atoms with Gasteiger partial charge in [-0.15, -0.1) is 0 Å². The van der Waals surface area contributed by atoms with Crippen molar-refractivity contribution in [2.24, 2.45) is 0 Å². The normalized spacial score (nSPS) is 19.8. The Morgan fingerprint density at radius 2 is 1.96 bits per heavy atom. The Balaban J connectivity index is 1.54. The van der Waals surface area contributed by atoms with Crippen LogP contribution in [-0.2, 0) is 10.0 Å². The quantitative estimate of drug-likeness (QED) is 0.892. The van der Waals surface area contributed by atoms with E-state index in [1.807, 2.05) is 4.68 Å². The van der Waals surface area contributed by atoms with Gasteiger partial charge < -0.3 is 5.32 Å². The number of hydrogen-bond donors (Lipinski definition) is 1. The van der Waals surface area contributed by atoms with Gasteiger partial charge >= 0.3 is 0 Å². The molecule has 1 amide bonds. The molecular formula is C18H22N4O3S. The highest BCUT2D eigenvalue weighted by atomic mass is 32.2. The highest BCUT2D eigenvalue weighted by Crippen LogP contribution is 2.31. The van der Waals surface area contributed by atoms with Crippen LogP contribution in [0.5, 0.6) is 0 Å². The number of carbonyl (C=O) groups is 1. The zero-order valence-electron chi connectivity index (χ0n) is 14.5. The number of anilines is 2. The molecule has 7 nitrogen and oxygen atoms in total. The van der Waals surface area contributed by atoms with Crippen molar-refractivity contribution in [3.63, 3.8) is 0 Å². The SMILES string of the molecule is O=C(Nc1ccnn1C1CCCC1)c1cccc(N2CCCS2(=O)=O)c1. The van der Waals surface area contributed by atoms with Crippen LogP contribution in [-0.4, -0.2) is 36.4 Å². The molecule has 1 aliphatic heterocycles. The molecule has 0 spiro atoms. The lowest BCUT2D eigenvalue weighted by Gasteiger charge is -2.18. The number of rotatable bonds is 4. The van der Waals surface area contributed by atoms with Gasteiger partial charge in [-0.1, -0.05) is 18.9 Å². The molecule has 1 N–H and O–H groups in total. The van der Waals surface area contributed by atoms with Crippen LogP contribution >= 0.6 is 0 Å². The lowest BCUT2D eigenvalue weighted by Crippen LogP contribution is -2.25. The Kier molecular flexibility index (Phi) is 4.44. The third kappa shape index (κ3) is 3.21. The molecular weight excluding hydrogens is 352 g/mol. The summed E-state index contributed by atoms with van der Waals surface area (Å²) >= 11 is 0. The van der Waals surface area contributed by atoms with Gasteiger partial charge in [0.05, 0.1) is 23.7 Å². The second-order valence-corrected chi connectivity index (χ2v) is 8.86. The number of amides is 1. The molecule has 2 aliphatic rings. The van der Waals surface area contributed by atoms with Crippen LogP contribution in [0.15, 0.2) is 36.5 Å². The van der Waals surface area contributed by atoms with Gasteiger partial charge in [-0.05, 0) is 37.5 Å². The van der Waals surface area contributed by atoms with Gasteiger partial charge in [0.2, 0.25) is 10.0 Å². The Bertz CT molecular complexity index is 916. The molecule has 8 heteroatoms. The van der Waals surface area contributed by atoms with Gasteiger partial charge in [-0.2, -0.15) is 5.10 Å². The summed E-state index contributed by atoms with van der Waals surface area (Å²) in [5, 5.41) is 7.27. The second-order valence-electron chi connectivity index (χ2n) is 6.85. The van der Waals surface area contributed by atoms with Gasteiger partial charge in [0, 0.05) is 18.2 Å². The molecule has 0 atom stereocenters. The molecule has 1 saturated carbocycles. The average molecular weight is 374 g/mol. The molecule has 4 rings (SSSR count). The maximum Gasteiger partial charge on any atom is 0.256 e. The van der Waals surface area contributed by atoms with Crippen LogP contribution < -0.4 is 9.62 Å². The summed E-state index contributed by atoms with van der Waals surface area (Å²) in [7, 11) is -3.26. The van der Waals surface area contributed by atoms with Crippen molar-refractivity contribution >= 4 is 27.4 Å². The lowest BCUT2D eigenvalue weighted by molar-refractivity contribution is 0.102. The summed E-state index contributed by atoms with van der Waals surface area (Å²) < 4.78 is 27.5. The molecule has 0 unspecified atom stereocenters. The van der Waals surface area contributed by atoms with E-state index in [1.165, 1.54) is 17.1 Å². The minimum atomic E-state index is -3.26. The molecule has 1 aromatic heterocycles. The van der Waals surface area contributed by atoms with Gasteiger partial charge in [-0.25, -0.2) is 13.1 Å². The summed E-state index contributed by atoms with van der Waals surface area (Å²) in [6, 6.07) is 8.90. The van der Waals surface area contributed by atoms with E-state index in [0.29, 0.717) is 36.1 Å². The van der Waals surface area contributed by atoms with Crippen molar-refractivity contribution in [1.29, 1.82) is 0 Å². The molecule has 2 aromatic rings. The first-order valence-electron chi connectivity index (χ1n) is 9.00. The Labute approximate surface area is 153 Å². The minimum Gasteiger partial charge on any atom is -0.307 e. The van der Waals surface area contributed by atoms with E-state index in [0.717, 1.165) is 12.8 Å². The van der Waals surface area contributed by atoms with E-state index in [-0.39, 0.29) is 11.7 Å². The fourth-order valence-electron chi connectivity index (χ4n) is 3.77. The van der Waals surface area contributed by atoms with Crippen molar-refractivity contribution < 1.29 is 13.2 Å². The summed E-state index contributed by atoms with van der Waals surface area (Å²) in [4.78, 5) is 12.7. The van der Waals surface area contributed by atoms with Gasteiger partial charge in [0.15, 0.2) is 0 Å². The second kappa shape index (κ2) is 6.75. The molecule has 0 bridgehead atoms. The van der Waals surface area contributed by atoms with Crippen LogP contribution in [0.2, 0.25) is 0 Å². The number of sulfonamides is 1. The summed E-state index contributed by atoms with van der Waals surface area (Å²) in [6.07, 6.45) is 6.83. The number of hydrogen-bond acceptors (Lipinski definition) is 4. The fraction of sp³-hybridized carbons (Fsp3) is 0.444. The zero-order valence-corrected chi connectivity index (χ0v) is 15.3. The standard InChI is InChI=1S/C18H22N4O3S/c23-18(20-17-9-10-19-22(17)15-6-1-2-7-15)14-5-3-8-16(13-14)21-11-4-12-26(21,24)25/h3,5,8-10,13,15H,1-2,4,6-7,11-12H2,(H,20,23). The Hall–Kier alpha value is -2.35. The molecule has 1 saturated heterocycles. The number of nitrogens with one attached hydrogen (secondary N) is 1. The topological polar surface area (TPSA) is 84.3 Å². The third-order valence-corrected chi connectivity index (χ3v) is 6.95. The Morgan fingerprint density at radius 3 is 2.69 bits per heavy atom. The van der Waals surface area contributed by atoms with E-state index in [9.17, 15) is 13.2 Å². The highest BCUT2D eigenvalue weighted by molar-refractivity contribution is 7.93. The predicted octanol–water partition coefficient (Wildman–Crippen LogP) is 2.79. The van der Waals surface area contributed by atoms with Crippen molar-refractivity contribution in [3.8, 4) is 0 Å². The first-order valence-corrected chi connectivity index (χ1v) is 10.6. The van der Waals surface area contributed by atoms with E-state index in [1.54, 1.807) is 36.5 Å². The number of nitrogens with zero attached hydrogens (tertiary/aromatic N) is 3. The van der Waals surface area contributed by atoms with Crippen molar-refractivity contribution in [2.45, 2.75) is 38.1 Å². The average Bonchev–Trinajstić information content (AvgIpc) is 3.35. The first-order chi connectivity index (χ1) is 12.5. The van der Waals surface area contributed by atoms with Crippen molar-refractivity contribution in [1.82, 2.24) is 9.78 Å². The fourth-order valence-corrected chi connectivity index (χ4v) is 5.33. The van der Waals surface area contributed by atoms with Gasteiger partial charge in [0.25, 0.3) is 5.91 Å². The summed E-state index contributed by atoms with van der Waals surface area (Å²) in [6.45, 7) is 0.460. The van der Waals surface area contributed by atoms with Crippen LogP contribution in [0.1, 0.15) is 48.5 Å². The summed E-state index contributed by atoms with van der Waals surface area (Å²) in [5.41, 5.74) is 0.975. The van der Waals surface area contributed by atoms with Gasteiger partial charge in [0.1, 0.15) is 5.82 Å².